The molecule has 0 aromatic carbocycles. The number of rotatable bonds is 3. The van der Waals surface area contributed by atoms with Crippen LogP contribution in [0, 0.1) is 0 Å². The maximum atomic E-state index is 10.9. The zero-order chi connectivity index (χ0) is 11.7. The number of nitrogens with zero attached hydrogens (tertiary/aromatic N) is 5. The van der Waals surface area contributed by atoms with Gasteiger partial charge in [0.1, 0.15) is 5.01 Å². The van der Waals surface area contributed by atoms with Gasteiger partial charge in [-0.2, -0.15) is 4.68 Å². The number of carbonyl (C=O) groups is 1. The van der Waals surface area contributed by atoms with Crippen LogP contribution >= 0.6 is 11.3 Å². The number of carboxylic acid groups (broad SMARTS) is 1. The molecule has 0 saturated heterocycles. The summed E-state index contributed by atoms with van der Waals surface area (Å²) in [5.74, 6) is -0.839. The van der Waals surface area contributed by atoms with Crippen molar-refractivity contribution in [2.24, 2.45) is 0 Å². The lowest BCUT2D eigenvalue weighted by molar-refractivity contribution is 0.0687. The minimum atomic E-state index is -1.09. The Labute approximate surface area is 94.7 Å². The molecule has 2 aromatic heterocycles. The van der Waals surface area contributed by atoms with Crippen LogP contribution in [0.1, 0.15) is 35.3 Å². The van der Waals surface area contributed by atoms with Crippen LogP contribution in [0.5, 0.6) is 0 Å². The van der Waals surface area contributed by atoms with Crippen LogP contribution in [-0.4, -0.2) is 36.3 Å². The van der Waals surface area contributed by atoms with Crippen LogP contribution in [0.25, 0.3) is 5.13 Å². The summed E-state index contributed by atoms with van der Waals surface area (Å²) < 4.78 is 1.17. The second-order valence-electron chi connectivity index (χ2n) is 3.41. The molecule has 0 aliphatic rings. The Hall–Kier alpha value is -1.83. The molecule has 0 bridgehead atoms. The van der Waals surface area contributed by atoms with E-state index in [1.165, 1.54) is 22.2 Å². The van der Waals surface area contributed by atoms with Gasteiger partial charge in [0.05, 0.1) is 6.20 Å². The van der Waals surface area contributed by atoms with E-state index in [4.69, 9.17) is 5.11 Å². The lowest BCUT2D eigenvalue weighted by Gasteiger charge is -1.96. The van der Waals surface area contributed by atoms with Crippen LogP contribution in [0.15, 0.2) is 6.20 Å². The molecule has 2 rings (SSSR count). The third kappa shape index (κ3) is 1.78. The van der Waals surface area contributed by atoms with Gasteiger partial charge >= 0.3 is 5.97 Å². The smallest absolute Gasteiger partial charge is 0.356 e. The molecular formula is C8H9N5O2S. The van der Waals surface area contributed by atoms with E-state index in [1.54, 1.807) is 0 Å². The first-order chi connectivity index (χ1) is 7.59. The van der Waals surface area contributed by atoms with Gasteiger partial charge in [0.15, 0.2) is 5.69 Å². The molecule has 2 aromatic rings. The van der Waals surface area contributed by atoms with Gasteiger partial charge in [-0.25, -0.2) is 4.79 Å². The third-order valence-electron chi connectivity index (χ3n) is 1.87. The summed E-state index contributed by atoms with van der Waals surface area (Å²) in [6.07, 6.45) is 1.18. The number of aromatic nitrogens is 5. The number of aromatic carboxylic acids is 1. The summed E-state index contributed by atoms with van der Waals surface area (Å²) >= 11 is 1.31. The van der Waals surface area contributed by atoms with Crippen molar-refractivity contribution < 1.29 is 9.90 Å². The van der Waals surface area contributed by atoms with E-state index in [1.807, 2.05) is 13.8 Å². The standard InChI is InChI=1S/C8H9N5O2S/c1-4(2)6-10-11-8(16-6)13-5(7(14)15)3-9-12-13/h3-4H,1-2H3,(H,14,15). The summed E-state index contributed by atoms with van der Waals surface area (Å²) in [6, 6.07) is 0. The highest BCUT2D eigenvalue weighted by Crippen LogP contribution is 2.21. The first-order valence-electron chi connectivity index (χ1n) is 4.57. The maximum Gasteiger partial charge on any atom is 0.356 e. The molecule has 0 unspecified atom stereocenters. The molecule has 0 aliphatic carbocycles. The van der Waals surface area contributed by atoms with Crippen molar-refractivity contribution in [3.8, 4) is 5.13 Å². The number of hydrogen-bond donors (Lipinski definition) is 1. The van der Waals surface area contributed by atoms with E-state index >= 15 is 0 Å². The quantitative estimate of drug-likeness (QED) is 0.856. The van der Waals surface area contributed by atoms with Crippen LogP contribution in [0.4, 0.5) is 0 Å². The molecule has 16 heavy (non-hydrogen) atoms. The van der Waals surface area contributed by atoms with E-state index in [0.717, 1.165) is 5.01 Å². The van der Waals surface area contributed by atoms with Gasteiger partial charge in [-0.05, 0) is 0 Å². The fraction of sp³-hybridized carbons (Fsp3) is 0.375. The molecule has 84 valence electrons. The number of carboxylic acids is 1. The number of hydrogen-bond acceptors (Lipinski definition) is 6. The van der Waals surface area contributed by atoms with Crippen LogP contribution in [-0.2, 0) is 0 Å². The van der Waals surface area contributed by atoms with Gasteiger partial charge in [-0.3, -0.25) is 0 Å². The maximum absolute atomic E-state index is 10.9. The van der Waals surface area contributed by atoms with E-state index in [0.29, 0.717) is 5.13 Å². The minimum Gasteiger partial charge on any atom is -0.476 e. The Kier molecular flexibility index (Phi) is 2.65. The fourth-order valence-corrected chi connectivity index (χ4v) is 1.87. The zero-order valence-electron chi connectivity index (χ0n) is 8.65. The monoisotopic (exact) mass is 239 g/mol. The minimum absolute atomic E-state index is 0.0218. The highest BCUT2D eigenvalue weighted by molar-refractivity contribution is 7.13. The van der Waals surface area contributed by atoms with E-state index in [9.17, 15) is 4.79 Å². The highest BCUT2D eigenvalue weighted by Gasteiger charge is 2.17. The van der Waals surface area contributed by atoms with Gasteiger partial charge in [-0.1, -0.05) is 30.4 Å². The summed E-state index contributed by atoms with van der Waals surface area (Å²) in [5, 5.41) is 25.2. The molecule has 2 heterocycles. The molecule has 0 saturated carbocycles. The molecule has 0 spiro atoms. The molecular weight excluding hydrogens is 230 g/mol. The molecule has 0 fully saturated rings. The molecule has 0 aliphatic heterocycles. The Morgan fingerprint density at radius 3 is 2.81 bits per heavy atom. The first-order valence-corrected chi connectivity index (χ1v) is 5.39. The lowest BCUT2D eigenvalue weighted by atomic mass is 10.2. The molecule has 0 atom stereocenters. The van der Waals surface area contributed by atoms with E-state index in [2.05, 4.69) is 20.5 Å². The van der Waals surface area contributed by atoms with Gasteiger partial charge in [0, 0.05) is 5.92 Å². The average Bonchev–Trinajstić information content (AvgIpc) is 2.86. The van der Waals surface area contributed by atoms with Gasteiger partial charge < -0.3 is 5.11 Å². The largest absolute Gasteiger partial charge is 0.476 e. The van der Waals surface area contributed by atoms with Crippen LogP contribution < -0.4 is 0 Å². The predicted molar refractivity (Wildman–Crippen MR) is 55.9 cm³/mol. The van der Waals surface area contributed by atoms with Crippen molar-refractivity contribution in [3.63, 3.8) is 0 Å². The molecule has 7 nitrogen and oxygen atoms in total. The fourth-order valence-electron chi connectivity index (χ4n) is 1.07. The SMILES string of the molecule is CC(C)c1nnc(-n2nncc2C(=O)O)s1. The summed E-state index contributed by atoms with van der Waals surface area (Å²) in [6.45, 7) is 3.98. The first kappa shape index (κ1) is 10.7. The third-order valence-corrected chi connectivity index (χ3v) is 3.07. The van der Waals surface area contributed by atoms with Crippen molar-refractivity contribution >= 4 is 17.3 Å². The average molecular weight is 239 g/mol. The lowest BCUT2D eigenvalue weighted by Crippen LogP contribution is -2.07. The molecule has 0 amide bonds. The Balaban J connectivity index is 2.42. The Morgan fingerprint density at radius 1 is 1.50 bits per heavy atom. The molecule has 1 N–H and O–H groups in total. The summed E-state index contributed by atoms with van der Waals surface area (Å²) in [7, 11) is 0. The normalized spacial score (nSPS) is 10.9. The Morgan fingerprint density at radius 2 is 2.25 bits per heavy atom. The molecule has 8 heteroatoms. The van der Waals surface area contributed by atoms with Crippen LogP contribution in [0.3, 0.4) is 0 Å². The van der Waals surface area contributed by atoms with Crippen LogP contribution in [0.2, 0.25) is 0 Å². The van der Waals surface area contributed by atoms with Crippen molar-refractivity contribution in [2.75, 3.05) is 0 Å². The summed E-state index contributed by atoms with van der Waals surface area (Å²) in [4.78, 5) is 10.9. The van der Waals surface area contributed by atoms with Crippen molar-refractivity contribution in [1.82, 2.24) is 25.2 Å². The topological polar surface area (TPSA) is 93.8 Å². The van der Waals surface area contributed by atoms with Crippen molar-refractivity contribution in [3.05, 3.63) is 16.9 Å². The second-order valence-corrected chi connectivity index (χ2v) is 4.40. The summed E-state index contributed by atoms with van der Waals surface area (Å²) in [5.41, 5.74) is -0.0218. The van der Waals surface area contributed by atoms with Crippen molar-refractivity contribution in [2.45, 2.75) is 19.8 Å². The Bertz CT molecular complexity index is 518. The van der Waals surface area contributed by atoms with Gasteiger partial charge in [0.2, 0.25) is 5.13 Å². The molecule has 0 radical (unpaired) electrons. The highest BCUT2D eigenvalue weighted by atomic mass is 32.1. The zero-order valence-corrected chi connectivity index (χ0v) is 9.47. The second kappa shape index (κ2) is 3.97. The van der Waals surface area contributed by atoms with Crippen molar-refractivity contribution in [1.29, 1.82) is 0 Å². The predicted octanol–water partition coefficient (Wildman–Crippen LogP) is 0.940. The van der Waals surface area contributed by atoms with E-state index < -0.39 is 5.97 Å². The van der Waals surface area contributed by atoms with E-state index in [-0.39, 0.29) is 11.6 Å². The van der Waals surface area contributed by atoms with Gasteiger partial charge in [-0.15, -0.1) is 15.3 Å². The van der Waals surface area contributed by atoms with Gasteiger partial charge in [0.25, 0.3) is 0 Å².